The standard InChI is InChI=1S/C18H24N4O3/c1-4-13-5-7-18(8-6-13,17(24)25)20-16(23)14-10-19-15-9-11(2)21-22(15)12(14)3/h9-10,13H,4-8H2,1-3H3,(H,20,23)(H,24,25). The SMILES string of the molecule is CCC1CCC(NC(=O)c2cnc3cc(C)nn3c2C)(C(=O)O)CC1. The quantitative estimate of drug-likeness (QED) is 0.888. The van der Waals surface area contributed by atoms with Gasteiger partial charge in [-0.15, -0.1) is 0 Å². The lowest BCUT2D eigenvalue weighted by atomic mass is 9.75. The molecule has 2 N–H and O–H groups in total. The Morgan fingerprint density at radius 1 is 1.36 bits per heavy atom. The molecule has 0 spiro atoms. The summed E-state index contributed by atoms with van der Waals surface area (Å²) in [5.41, 5.74) is 1.30. The van der Waals surface area contributed by atoms with E-state index in [4.69, 9.17) is 0 Å². The molecule has 1 aliphatic carbocycles. The summed E-state index contributed by atoms with van der Waals surface area (Å²) in [6.07, 6.45) is 5.09. The van der Waals surface area contributed by atoms with Crippen LogP contribution in [0.25, 0.3) is 5.65 Å². The molecule has 134 valence electrons. The number of carbonyl (C=O) groups is 2. The molecule has 0 saturated heterocycles. The van der Waals surface area contributed by atoms with Crippen LogP contribution in [0.1, 0.15) is 60.8 Å². The molecule has 7 heteroatoms. The predicted octanol–water partition coefficient (Wildman–Crippen LogP) is 2.50. The van der Waals surface area contributed by atoms with Crippen LogP contribution in [0.5, 0.6) is 0 Å². The number of aliphatic carboxylic acids is 1. The number of nitrogens with one attached hydrogen (secondary N) is 1. The molecule has 0 atom stereocenters. The number of nitrogens with zero attached hydrogens (tertiary/aromatic N) is 3. The van der Waals surface area contributed by atoms with Crippen molar-refractivity contribution < 1.29 is 14.7 Å². The van der Waals surface area contributed by atoms with Gasteiger partial charge in [0, 0.05) is 12.3 Å². The number of carbonyl (C=O) groups excluding carboxylic acids is 1. The first kappa shape index (κ1) is 17.4. The third-order valence-corrected chi connectivity index (χ3v) is 5.39. The number of carboxylic acids is 1. The van der Waals surface area contributed by atoms with E-state index in [2.05, 4.69) is 22.3 Å². The van der Waals surface area contributed by atoms with Crippen molar-refractivity contribution in [3.63, 3.8) is 0 Å². The smallest absolute Gasteiger partial charge is 0.329 e. The summed E-state index contributed by atoms with van der Waals surface area (Å²) in [6, 6.07) is 1.83. The summed E-state index contributed by atoms with van der Waals surface area (Å²) >= 11 is 0. The molecular formula is C18H24N4O3. The normalized spacial score (nSPS) is 23.6. The van der Waals surface area contributed by atoms with Gasteiger partial charge in [0.1, 0.15) is 5.54 Å². The average Bonchev–Trinajstić information content (AvgIpc) is 2.97. The summed E-state index contributed by atoms with van der Waals surface area (Å²) < 4.78 is 1.62. The maximum atomic E-state index is 12.8. The van der Waals surface area contributed by atoms with Crippen molar-refractivity contribution in [2.24, 2.45) is 5.92 Å². The highest BCUT2D eigenvalue weighted by atomic mass is 16.4. The van der Waals surface area contributed by atoms with Gasteiger partial charge in [-0.3, -0.25) is 4.79 Å². The minimum atomic E-state index is -1.19. The fourth-order valence-corrected chi connectivity index (χ4v) is 3.64. The lowest BCUT2D eigenvalue weighted by Crippen LogP contribution is -2.56. The van der Waals surface area contributed by atoms with E-state index in [1.165, 1.54) is 6.20 Å². The van der Waals surface area contributed by atoms with Crippen molar-refractivity contribution in [1.82, 2.24) is 19.9 Å². The van der Waals surface area contributed by atoms with E-state index in [0.29, 0.717) is 35.7 Å². The maximum Gasteiger partial charge on any atom is 0.329 e. The third kappa shape index (κ3) is 3.10. The van der Waals surface area contributed by atoms with Crippen LogP contribution in [0, 0.1) is 19.8 Å². The number of hydrogen-bond acceptors (Lipinski definition) is 4. The van der Waals surface area contributed by atoms with Crippen LogP contribution >= 0.6 is 0 Å². The van der Waals surface area contributed by atoms with Crippen molar-refractivity contribution in [2.45, 2.75) is 58.4 Å². The first-order valence-electron chi connectivity index (χ1n) is 8.74. The van der Waals surface area contributed by atoms with Crippen molar-refractivity contribution in [3.05, 3.63) is 29.2 Å². The Kier molecular flexibility index (Phi) is 4.49. The van der Waals surface area contributed by atoms with Crippen molar-refractivity contribution >= 4 is 17.5 Å². The molecule has 25 heavy (non-hydrogen) atoms. The van der Waals surface area contributed by atoms with Crippen molar-refractivity contribution in [2.75, 3.05) is 0 Å². The van der Waals surface area contributed by atoms with E-state index in [9.17, 15) is 14.7 Å². The van der Waals surface area contributed by atoms with E-state index in [1.54, 1.807) is 11.4 Å². The summed E-state index contributed by atoms with van der Waals surface area (Å²) in [6.45, 7) is 5.77. The number of rotatable bonds is 4. The van der Waals surface area contributed by atoms with Crippen LogP contribution in [0.2, 0.25) is 0 Å². The Hall–Kier alpha value is -2.44. The minimum Gasteiger partial charge on any atom is -0.480 e. The van der Waals surface area contributed by atoms with Crippen LogP contribution in [-0.4, -0.2) is 37.1 Å². The lowest BCUT2D eigenvalue weighted by molar-refractivity contribution is -0.146. The van der Waals surface area contributed by atoms with E-state index < -0.39 is 17.4 Å². The largest absolute Gasteiger partial charge is 0.480 e. The van der Waals surface area contributed by atoms with Gasteiger partial charge in [0.25, 0.3) is 5.91 Å². The van der Waals surface area contributed by atoms with Crippen LogP contribution in [0.4, 0.5) is 0 Å². The third-order valence-electron chi connectivity index (χ3n) is 5.39. The fourth-order valence-electron chi connectivity index (χ4n) is 3.64. The highest BCUT2D eigenvalue weighted by Crippen LogP contribution is 2.34. The van der Waals surface area contributed by atoms with Gasteiger partial charge in [-0.05, 0) is 45.4 Å². The molecule has 2 aromatic rings. The van der Waals surface area contributed by atoms with Gasteiger partial charge in [0.05, 0.1) is 17.0 Å². The second-order valence-electron chi connectivity index (χ2n) is 7.01. The highest BCUT2D eigenvalue weighted by molar-refractivity contribution is 5.98. The van der Waals surface area contributed by atoms with E-state index in [0.717, 1.165) is 25.0 Å². The summed E-state index contributed by atoms with van der Waals surface area (Å²) in [5, 5.41) is 16.9. The first-order chi connectivity index (χ1) is 11.9. The van der Waals surface area contributed by atoms with E-state index in [1.807, 2.05) is 13.0 Å². The first-order valence-corrected chi connectivity index (χ1v) is 8.74. The molecular weight excluding hydrogens is 320 g/mol. The molecule has 2 aromatic heterocycles. The lowest BCUT2D eigenvalue weighted by Gasteiger charge is -2.37. The Balaban J connectivity index is 1.87. The second kappa shape index (κ2) is 6.46. The van der Waals surface area contributed by atoms with Gasteiger partial charge < -0.3 is 10.4 Å². The molecule has 1 fully saturated rings. The number of carboxylic acid groups (broad SMARTS) is 1. The van der Waals surface area contributed by atoms with Crippen LogP contribution in [-0.2, 0) is 4.79 Å². The summed E-state index contributed by atoms with van der Waals surface area (Å²) in [4.78, 5) is 28.9. The Labute approximate surface area is 146 Å². The molecule has 1 aliphatic rings. The molecule has 1 amide bonds. The number of amides is 1. The molecule has 0 bridgehead atoms. The molecule has 0 aliphatic heterocycles. The maximum absolute atomic E-state index is 12.8. The summed E-state index contributed by atoms with van der Waals surface area (Å²) in [7, 11) is 0. The molecule has 0 aromatic carbocycles. The van der Waals surface area contributed by atoms with Crippen molar-refractivity contribution in [1.29, 1.82) is 0 Å². The Morgan fingerprint density at radius 2 is 2.04 bits per heavy atom. The van der Waals surface area contributed by atoms with Crippen LogP contribution in [0.15, 0.2) is 12.3 Å². The molecule has 7 nitrogen and oxygen atoms in total. The molecule has 0 radical (unpaired) electrons. The number of hydrogen-bond donors (Lipinski definition) is 2. The van der Waals surface area contributed by atoms with Crippen LogP contribution in [0.3, 0.4) is 0 Å². The number of aromatic nitrogens is 3. The fraction of sp³-hybridized carbons (Fsp3) is 0.556. The second-order valence-corrected chi connectivity index (χ2v) is 7.01. The number of fused-ring (bicyclic) bond motifs is 1. The average molecular weight is 344 g/mol. The van der Waals surface area contributed by atoms with Gasteiger partial charge >= 0.3 is 5.97 Å². The zero-order chi connectivity index (χ0) is 18.2. The van der Waals surface area contributed by atoms with Gasteiger partial charge in [-0.1, -0.05) is 13.3 Å². The van der Waals surface area contributed by atoms with Crippen LogP contribution < -0.4 is 5.32 Å². The molecule has 3 rings (SSSR count). The summed E-state index contributed by atoms with van der Waals surface area (Å²) in [5.74, 6) is -0.828. The van der Waals surface area contributed by atoms with Gasteiger partial charge in [-0.25, -0.2) is 14.3 Å². The predicted molar refractivity (Wildman–Crippen MR) is 92.5 cm³/mol. The topological polar surface area (TPSA) is 96.6 Å². The Bertz CT molecular complexity index is 819. The Morgan fingerprint density at radius 3 is 2.64 bits per heavy atom. The zero-order valence-electron chi connectivity index (χ0n) is 14.9. The van der Waals surface area contributed by atoms with E-state index in [-0.39, 0.29) is 0 Å². The molecule has 1 saturated carbocycles. The van der Waals surface area contributed by atoms with Gasteiger partial charge in [0.2, 0.25) is 0 Å². The van der Waals surface area contributed by atoms with Gasteiger partial charge in [0.15, 0.2) is 5.65 Å². The number of aryl methyl sites for hydroxylation is 2. The minimum absolute atomic E-state index is 0.355. The molecule has 2 heterocycles. The monoisotopic (exact) mass is 344 g/mol. The van der Waals surface area contributed by atoms with E-state index >= 15 is 0 Å². The van der Waals surface area contributed by atoms with Crippen molar-refractivity contribution in [3.8, 4) is 0 Å². The highest BCUT2D eigenvalue weighted by Gasteiger charge is 2.43. The van der Waals surface area contributed by atoms with Gasteiger partial charge in [-0.2, -0.15) is 5.10 Å². The molecule has 0 unspecified atom stereocenters. The zero-order valence-corrected chi connectivity index (χ0v) is 14.9.